The topological polar surface area (TPSA) is 48.1 Å². The lowest BCUT2D eigenvalue weighted by Crippen LogP contribution is -2.10. The van der Waals surface area contributed by atoms with Gasteiger partial charge in [0.1, 0.15) is 17.3 Å². The van der Waals surface area contributed by atoms with Gasteiger partial charge in [-0.15, -0.1) is 0 Å². The minimum absolute atomic E-state index is 0.408. The van der Waals surface area contributed by atoms with Gasteiger partial charge in [0.15, 0.2) is 0 Å². The number of thiocarbonyl (C=S) groups is 1. The minimum Gasteiger partial charge on any atom is -0.488 e. The molecule has 2 aromatic rings. The third-order valence-corrected chi connectivity index (χ3v) is 3.30. The van der Waals surface area contributed by atoms with Crippen LogP contribution < -0.4 is 10.5 Å². The number of nitrogens with zero attached hydrogens (tertiary/aromatic N) is 1. The number of nitrogens with two attached hydrogens (primary N) is 1. The molecule has 1 aromatic heterocycles. The van der Waals surface area contributed by atoms with E-state index >= 15 is 0 Å². The zero-order valence-electron chi connectivity index (χ0n) is 11.9. The Hall–Kier alpha value is -1.94. The number of rotatable bonds is 4. The molecular formula is C16H18N2OS. The molecule has 0 atom stereocenters. The molecule has 0 fully saturated rings. The van der Waals surface area contributed by atoms with Crippen LogP contribution in [-0.4, -0.2) is 9.97 Å². The molecule has 2 N–H and O–H groups in total. The largest absolute Gasteiger partial charge is 0.488 e. The van der Waals surface area contributed by atoms with Gasteiger partial charge >= 0.3 is 0 Å². The molecule has 0 aliphatic carbocycles. The van der Waals surface area contributed by atoms with E-state index in [2.05, 4.69) is 11.1 Å². The van der Waals surface area contributed by atoms with Crippen molar-refractivity contribution in [1.82, 2.24) is 4.98 Å². The van der Waals surface area contributed by atoms with Crippen molar-refractivity contribution in [2.45, 2.75) is 27.4 Å². The van der Waals surface area contributed by atoms with Gasteiger partial charge in [-0.2, -0.15) is 0 Å². The number of ether oxygens (including phenoxy) is 1. The average Bonchev–Trinajstić information content (AvgIpc) is 2.37. The lowest BCUT2D eigenvalue weighted by Gasteiger charge is -2.14. The van der Waals surface area contributed by atoms with Crippen LogP contribution in [0.25, 0.3) is 0 Å². The van der Waals surface area contributed by atoms with Crippen molar-refractivity contribution in [2.24, 2.45) is 5.73 Å². The van der Waals surface area contributed by atoms with Gasteiger partial charge in [-0.25, -0.2) is 0 Å². The Labute approximate surface area is 124 Å². The fourth-order valence-corrected chi connectivity index (χ4v) is 2.29. The number of hydrogen-bond acceptors (Lipinski definition) is 3. The fourth-order valence-electron chi connectivity index (χ4n) is 2.17. The molecule has 1 heterocycles. The van der Waals surface area contributed by atoms with Crippen molar-refractivity contribution in [3.05, 3.63) is 58.4 Å². The van der Waals surface area contributed by atoms with Gasteiger partial charge in [0, 0.05) is 23.5 Å². The predicted molar refractivity (Wildman–Crippen MR) is 85.1 cm³/mol. The van der Waals surface area contributed by atoms with Crippen LogP contribution in [0.5, 0.6) is 5.75 Å². The highest BCUT2D eigenvalue weighted by Crippen LogP contribution is 2.25. The molecule has 0 spiro atoms. The normalized spacial score (nSPS) is 10.3. The lowest BCUT2D eigenvalue weighted by atomic mass is 10.1. The first-order valence-electron chi connectivity index (χ1n) is 6.41. The summed E-state index contributed by atoms with van der Waals surface area (Å²) in [5, 5.41) is 0. The van der Waals surface area contributed by atoms with Crippen molar-refractivity contribution < 1.29 is 4.74 Å². The maximum Gasteiger partial charge on any atom is 0.125 e. The van der Waals surface area contributed by atoms with Crippen LogP contribution in [0.1, 0.15) is 27.8 Å². The van der Waals surface area contributed by atoms with Crippen LogP contribution in [0.3, 0.4) is 0 Å². The molecule has 3 nitrogen and oxygen atoms in total. The van der Waals surface area contributed by atoms with Gasteiger partial charge in [-0.3, -0.25) is 4.98 Å². The molecule has 104 valence electrons. The van der Waals surface area contributed by atoms with Crippen LogP contribution in [0.15, 0.2) is 30.6 Å². The molecule has 0 saturated carbocycles. The molecule has 0 amide bonds. The SMILES string of the molecule is Cc1cncc(COc2c(C)cc(C(N)=S)cc2C)c1. The van der Waals surface area contributed by atoms with E-state index in [0.29, 0.717) is 11.6 Å². The van der Waals surface area contributed by atoms with Crippen LogP contribution >= 0.6 is 12.2 Å². The van der Waals surface area contributed by atoms with E-state index in [0.717, 1.165) is 33.6 Å². The molecule has 20 heavy (non-hydrogen) atoms. The van der Waals surface area contributed by atoms with E-state index in [-0.39, 0.29) is 0 Å². The average molecular weight is 286 g/mol. The standard InChI is InChI=1S/C16H18N2OS/c1-10-4-13(8-18-7-10)9-19-15-11(2)5-14(16(17)20)6-12(15)3/h4-8H,9H2,1-3H3,(H2,17,20). The second kappa shape index (κ2) is 6.01. The summed E-state index contributed by atoms with van der Waals surface area (Å²) in [6.45, 7) is 6.52. The van der Waals surface area contributed by atoms with E-state index in [1.54, 1.807) is 0 Å². The van der Waals surface area contributed by atoms with Crippen molar-refractivity contribution in [3.63, 3.8) is 0 Å². The van der Waals surface area contributed by atoms with Gasteiger partial charge in [0.2, 0.25) is 0 Å². The molecule has 0 aliphatic heterocycles. The number of benzene rings is 1. The van der Waals surface area contributed by atoms with E-state index in [1.165, 1.54) is 0 Å². The highest BCUT2D eigenvalue weighted by molar-refractivity contribution is 7.80. The highest BCUT2D eigenvalue weighted by atomic mass is 32.1. The molecule has 2 rings (SSSR count). The molecule has 0 bridgehead atoms. The summed E-state index contributed by atoms with van der Waals surface area (Å²) >= 11 is 5.01. The summed E-state index contributed by atoms with van der Waals surface area (Å²) in [7, 11) is 0. The zero-order chi connectivity index (χ0) is 14.7. The van der Waals surface area contributed by atoms with Crippen molar-refractivity contribution in [2.75, 3.05) is 0 Å². The highest BCUT2D eigenvalue weighted by Gasteiger charge is 2.08. The fraction of sp³-hybridized carbons (Fsp3) is 0.250. The van der Waals surface area contributed by atoms with Crippen LogP contribution in [0, 0.1) is 20.8 Å². The van der Waals surface area contributed by atoms with E-state index in [4.69, 9.17) is 22.7 Å². The maximum absolute atomic E-state index is 5.92. The molecule has 0 unspecified atom stereocenters. The number of aryl methyl sites for hydroxylation is 3. The summed E-state index contributed by atoms with van der Waals surface area (Å²) in [6, 6.07) is 5.99. The zero-order valence-corrected chi connectivity index (χ0v) is 12.8. The van der Waals surface area contributed by atoms with E-state index in [1.807, 2.05) is 45.3 Å². The summed E-state index contributed by atoms with van der Waals surface area (Å²) in [5.41, 5.74) is 10.8. The third kappa shape index (κ3) is 3.33. The van der Waals surface area contributed by atoms with Gasteiger partial charge in [0.25, 0.3) is 0 Å². The third-order valence-electron chi connectivity index (χ3n) is 3.06. The Morgan fingerprint density at radius 2 is 1.80 bits per heavy atom. The number of hydrogen-bond donors (Lipinski definition) is 1. The molecule has 4 heteroatoms. The van der Waals surface area contributed by atoms with Crippen molar-refractivity contribution >= 4 is 17.2 Å². The predicted octanol–water partition coefficient (Wildman–Crippen LogP) is 3.22. The Morgan fingerprint density at radius 3 is 2.35 bits per heavy atom. The lowest BCUT2D eigenvalue weighted by molar-refractivity contribution is 0.301. The summed E-state index contributed by atoms with van der Waals surface area (Å²) in [6.07, 6.45) is 3.65. The number of pyridine rings is 1. The Bertz CT molecular complexity index is 630. The second-order valence-corrected chi connectivity index (χ2v) is 5.40. The van der Waals surface area contributed by atoms with Crippen LogP contribution in [0.2, 0.25) is 0 Å². The smallest absolute Gasteiger partial charge is 0.125 e. The molecular weight excluding hydrogens is 268 g/mol. The maximum atomic E-state index is 5.92. The Morgan fingerprint density at radius 1 is 1.15 bits per heavy atom. The van der Waals surface area contributed by atoms with Gasteiger partial charge < -0.3 is 10.5 Å². The quantitative estimate of drug-likeness (QED) is 0.877. The first kappa shape index (κ1) is 14.5. The van der Waals surface area contributed by atoms with Crippen molar-refractivity contribution in [3.8, 4) is 5.75 Å². The van der Waals surface area contributed by atoms with E-state index in [9.17, 15) is 0 Å². The monoisotopic (exact) mass is 286 g/mol. The Balaban J connectivity index is 2.20. The number of aromatic nitrogens is 1. The van der Waals surface area contributed by atoms with Crippen molar-refractivity contribution in [1.29, 1.82) is 0 Å². The second-order valence-electron chi connectivity index (χ2n) is 4.96. The molecule has 0 radical (unpaired) electrons. The first-order chi connectivity index (χ1) is 9.47. The van der Waals surface area contributed by atoms with Crippen LogP contribution in [0.4, 0.5) is 0 Å². The van der Waals surface area contributed by atoms with Crippen LogP contribution in [-0.2, 0) is 6.61 Å². The van der Waals surface area contributed by atoms with Gasteiger partial charge in [-0.05, 0) is 55.7 Å². The van der Waals surface area contributed by atoms with E-state index < -0.39 is 0 Å². The summed E-state index contributed by atoms with van der Waals surface area (Å²) in [5.74, 6) is 0.881. The first-order valence-corrected chi connectivity index (χ1v) is 6.82. The Kier molecular flexibility index (Phi) is 4.35. The minimum atomic E-state index is 0.408. The summed E-state index contributed by atoms with van der Waals surface area (Å²) < 4.78 is 5.92. The molecule has 1 aromatic carbocycles. The molecule has 0 aliphatic rings. The summed E-state index contributed by atoms with van der Waals surface area (Å²) in [4.78, 5) is 4.57. The van der Waals surface area contributed by atoms with Gasteiger partial charge in [-0.1, -0.05) is 12.2 Å². The molecule has 0 saturated heterocycles. The van der Waals surface area contributed by atoms with Gasteiger partial charge in [0.05, 0.1) is 0 Å².